The van der Waals surface area contributed by atoms with Crippen LogP contribution in [-0.2, 0) is 13.0 Å². The molecule has 1 heterocycles. The van der Waals surface area contributed by atoms with Gasteiger partial charge in [0.2, 0.25) is 0 Å². The lowest BCUT2D eigenvalue weighted by atomic mass is 10.1. The van der Waals surface area contributed by atoms with Crippen molar-refractivity contribution in [3.05, 3.63) is 111 Å². The molecule has 7 heteroatoms. The molecule has 0 radical (unpaired) electrons. The molecule has 0 aliphatic heterocycles. The van der Waals surface area contributed by atoms with E-state index in [2.05, 4.69) is 10.3 Å². The number of carbonyl (C=O) groups is 1. The van der Waals surface area contributed by atoms with E-state index in [9.17, 15) is 4.79 Å². The Morgan fingerprint density at radius 2 is 1.74 bits per heavy atom. The van der Waals surface area contributed by atoms with Crippen LogP contribution in [0.1, 0.15) is 26.4 Å². The largest absolute Gasteiger partial charge is 0.489 e. The first-order chi connectivity index (χ1) is 15.1. The fourth-order valence-electron chi connectivity index (χ4n) is 2.93. The lowest BCUT2D eigenvalue weighted by molar-refractivity contribution is 0.102. The second-order valence-corrected chi connectivity index (χ2v) is 8.67. The molecule has 156 valence electrons. The maximum Gasteiger partial charge on any atom is 0.257 e. The van der Waals surface area contributed by atoms with Gasteiger partial charge in [-0.2, -0.15) is 0 Å². The molecule has 0 unspecified atom stereocenters. The lowest BCUT2D eigenvalue weighted by Crippen LogP contribution is -2.11. The summed E-state index contributed by atoms with van der Waals surface area (Å²) in [7, 11) is 0. The highest BCUT2D eigenvalue weighted by molar-refractivity contribution is 7.15. The Kier molecular flexibility index (Phi) is 6.87. The van der Waals surface area contributed by atoms with Crippen LogP contribution in [0, 0.1) is 0 Å². The number of nitrogens with one attached hydrogen (secondary N) is 1. The fourth-order valence-corrected chi connectivity index (χ4v) is 4.15. The molecule has 0 saturated carbocycles. The summed E-state index contributed by atoms with van der Waals surface area (Å²) in [6.45, 7) is 0.477. The number of amides is 1. The number of hydrogen-bond donors (Lipinski definition) is 1. The van der Waals surface area contributed by atoms with Gasteiger partial charge in [0.15, 0.2) is 5.13 Å². The number of halogens is 2. The maximum absolute atomic E-state index is 12.5. The van der Waals surface area contributed by atoms with Gasteiger partial charge in [0.25, 0.3) is 5.91 Å². The van der Waals surface area contributed by atoms with Crippen LogP contribution in [0.25, 0.3) is 0 Å². The molecule has 0 atom stereocenters. The predicted molar refractivity (Wildman–Crippen MR) is 127 cm³/mol. The average molecular weight is 469 g/mol. The van der Waals surface area contributed by atoms with Crippen molar-refractivity contribution in [3.63, 3.8) is 0 Å². The van der Waals surface area contributed by atoms with Gasteiger partial charge < -0.3 is 4.74 Å². The van der Waals surface area contributed by atoms with E-state index in [1.807, 2.05) is 42.5 Å². The molecule has 4 nitrogen and oxygen atoms in total. The van der Waals surface area contributed by atoms with Gasteiger partial charge in [-0.05, 0) is 41.5 Å². The second-order valence-electron chi connectivity index (χ2n) is 6.77. The molecule has 0 bridgehead atoms. The number of thiazole rings is 1. The third kappa shape index (κ3) is 5.64. The van der Waals surface area contributed by atoms with Crippen molar-refractivity contribution in [3.8, 4) is 5.75 Å². The summed E-state index contributed by atoms with van der Waals surface area (Å²) < 4.78 is 5.76. The SMILES string of the molecule is O=C(Nc1ncc(Cc2cccc(Cl)c2Cl)s1)c1ccc(OCc2ccccc2)cc1. The molecule has 0 aliphatic rings. The van der Waals surface area contributed by atoms with Crippen molar-refractivity contribution >= 4 is 45.6 Å². The van der Waals surface area contributed by atoms with Crippen LogP contribution in [0.2, 0.25) is 10.0 Å². The van der Waals surface area contributed by atoms with Crippen molar-refractivity contribution in [2.45, 2.75) is 13.0 Å². The van der Waals surface area contributed by atoms with Gasteiger partial charge in [-0.3, -0.25) is 10.1 Å². The number of hydrogen-bond acceptors (Lipinski definition) is 4. The van der Waals surface area contributed by atoms with Gasteiger partial charge in [0.05, 0.1) is 10.0 Å². The topological polar surface area (TPSA) is 51.2 Å². The van der Waals surface area contributed by atoms with Crippen molar-refractivity contribution in [2.24, 2.45) is 0 Å². The minimum atomic E-state index is -0.226. The summed E-state index contributed by atoms with van der Waals surface area (Å²) in [4.78, 5) is 17.8. The summed E-state index contributed by atoms with van der Waals surface area (Å²) in [5.41, 5.74) is 2.53. The third-order valence-corrected chi connectivity index (χ3v) is 6.31. The minimum absolute atomic E-state index is 0.226. The Balaban J connectivity index is 1.34. The first-order valence-electron chi connectivity index (χ1n) is 9.54. The zero-order valence-electron chi connectivity index (χ0n) is 16.3. The molecule has 4 aromatic rings. The molecule has 1 amide bonds. The van der Waals surface area contributed by atoms with E-state index in [0.29, 0.717) is 39.5 Å². The van der Waals surface area contributed by atoms with Crippen LogP contribution in [0.4, 0.5) is 5.13 Å². The van der Waals surface area contributed by atoms with E-state index < -0.39 is 0 Å². The minimum Gasteiger partial charge on any atom is -0.489 e. The number of anilines is 1. The molecule has 31 heavy (non-hydrogen) atoms. The first kappa shape index (κ1) is 21.4. The zero-order valence-corrected chi connectivity index (χ0v) is 18.7. The van der Waals surface area contributed by atoms with Gasteiger partial charge >= 0.3 is 0 Å². The van der Waals surface area contributed by atoms with Crippen molar-refractivity contribution in [1.29, 1.82) is 0 Å². The standard InChI is InChI=1S/C24H18Cl2N2O2S/c25-21-8-4-7-18(22(21)26)13-20-14-27-24(31-20)28-23(29)17-9-11-19(12-10-17)30-15-16-5-2-1-3-6-16/h1-12,14H,13,15H2,(H,27,28,29). The van der Waals surface area contributed by atoms with E-state index in [0.717, 1.165) is 16.0 Å². The number of carbonyl (C=O) groups excluding carboxylic acids is 1. The van der Waals surface area contributed by atoms with Crippen molar-refractivity contribution in [1.82, 2.24) is 4.98 Å². The molecule has 0 saturated heterocycles. The summed E-state index contributed by atoms with van der Waals surface area (Å²) in [6, 6.07) is 22.5. The highest BCUT2D eigenvalue weighted by Crippen LogP contribution is 2.29. The normalized spacial score (nSPS) is 10.6. The highest BCUT2D eigenvalue weighted by Gasteiger charge is 2.11. The molecule has 0 fully saturated rings. The van der Waals surface area contributed by atoms with Crippen molar-refractivity contribution in [2.75, 3.05) is 5.32 Å². The number of rotatable bonds is 7. The molecular formula is C24H18Cl2N2O2S. The van der Waals surface area contributed by atoms with Crippen LogP contribution in [0.15, 0.2) is 79.0 Å². The Labute approximate surface area is 194 Å². The van der Waals surface area contributed by atoms with Gasteiger partial charge in [0, 0.05) is 23.1 Å². The van der Waals surface area contributed by atoms with Gasteiger partial charge in [-0.15, -0.1) is 11.3 Å². The van der Waals surface area contributed by atoms with E-state index in [1.165, 1.54) is 11.3 Å². The predicted octanol–water partition coefficient (Wildman–Crippen LogP) is 6.87. The van der Waals surface area contributed by atoms with E-state index in [1.54, 1.807) is 36.5 Å². The smallest absolute Gasteiger partial charge is 0.257 e. The third-order valence-electron chi connectivity index (χ3n) is 4.54. The lowest BCUT2D eigenvalue weighted by Gasteiger charge is -2.07. The Bertz CT molecular complexity index is 1180. The molecular weight excluding hydrogens is 451 g/mol. The number of benzene rings is 3. The maximum atomic E-state index is 12.5. The van der Waals surface area contributed by atoms with Crippen LogP contribution < -0.4 is 10.1 Å². The van der Waals surface area contributed by atoms with Crippen LogP contribution in [0.5, 0.6) is 5.75 Å². The number of ether oxygens (including phenoxy) is 1. The zero-order chi connectivity index (χ0) is 21.6. The molecule has 1 N–H and O–H groups in total. The molecule has 0 aliphatic carbocycles. The van der Waals surface area contributed by atoms with Crippen LogP contribution in [-0.4, -0.2) is 10.9 Å². The summed E-state index contributed by atoms with van der Waals surface area (Å²) in [5.74, 6) is 0.478. The molecule has 1 aromatic heterocycles. The van der Waals surface area contributed by atoms with Gasteiger partial charge in [0.1, 0.15) is 12.4 Å². The quantitative estimate of drug-likeness (QED) is 0.321. The summed E-state index contributed by atoms with van der Waals surface area (Å²) in [5, 5.41) is 4.43. The second kappa shape index (κ2) is 9.96. The van der Waals surface area contributed by atoms with E-state index >= 15 is 0 Å². The summed E-state index contributed by atoms with van der Waals surface area (Å²) in [6.07, 6.45) is 2.33. The number of nitrogens with zero attached hydrogens (tertiary/aromatic N) is 1. The first-order valence-corrected chi connectivity index (χ1v) is 11.1. The van der Waals surface area contributed by atoms with Crippen LogP contribution in [0.3, 0.4) is 0 Å². The molecule has 3 aromatic carbocycles. The van der Waals surface area contributed by atoms with Crippen molar-refractivity contribution < 1.29 is 9.53 Å². The Morgan fingerprint density at radius 1 is 0.968 bits per heavy atom. The average Bonchev–Trinajstić information content (AvgIpc) is 3.23. The monoisotopic (exact) mass is 468 g/mol. The Morgan fingerprint density at radius 3 is 2.52 bits per heavy atom. The molecule has 0 spiro atoms. The summed E-state index contributed by atoms with van der Waals surface area (Å²) >= 11 is 13.7. The molecule has 4 rings (SSSR count). The van der Waals surface area contributed by atoms with Gasteiger partial charge in [-0.25, -0.2) is 4.98 Å². The highest BCUT2D eigenvalue weighted by atomic mass is 35.5. The number of aromatic nitrogens is 1. The van der Waals surface area contributed by atoms with E-state index in [4.69, 9.17) is 27.9 Å². The van der Waals surface area contributed by atoms with E-state index in [-0.39, 0.29) is 5.91 Å². The van der Waals surface area contributed by atoms with Gasteiger partial charge in [-0.1, -0.05) is 65.7 Å². The van der Waals surface area contributed by atoms with Crippen LogP contribution >= 0.6 is 34.5 Å². The Hall–Kier alpha value is -2.86. The fraction of sp³-hybridized carbons (Fsp3) is 0.0833.